The minimum absolute atomic E-state index is 0.0177. The second-order valence-electron chi connectivity index (χ2n) is 14.7. The van der Waals surface area contributed by atoms with E-state index in [4.69, 9.17) is 24.7 Å². The first-order chi connectivity index (χ1) is 25.6. The standard InChI is InChI=1S/C39H61NO14/c1-4-14-26-17-11-9-7-6-8-10-12-18-27(53-38-35(46)33(40)34(45)23(3)51-38)20-31-32(36(47)48)30(44)22-39(50,54-31)21-25(42)16-13-15-24(41)19-29(43)28(5-2)37(49)52-26/h6-12,18,23,25-35,38,42-46,50H,4-5,13-17,19-22,40H2,1-3H3,(H,47,48)/b7-6+,10-8+,11-9+,18-12+/t23-,25?,26?,27?,28?,29?,30+,31+,32?,33+,34?,35+,38?,39?/m1/s1. The van der Waals surface area contributed by atoms with E-state index in [9.17, 15) is 50.1 Å². The van der Waals surface area contributed by atoms with E-state index in [0.717, 1.165) is 6.42 Å². The molecule has 9 unspecified atom stereocenters. The Labute approximate surface area is 317 Å². The second-order valence-corrected chi connectivity index (χ2v) is 14.7. The lowest BCUT2D eigenvalue weighted by Gasteiger charge is -2.45. The number of carboxylic acids is 1. The van der Waals surface area contributed by atoms with Crippen molar-refractivity contribution in [3.63, 3.8) is 0 Å². The zero-order valence-electron chi connectivity index (χ0n) is 31.5. The molecule has 0 aromatic heterocycles. The molecule has 2 bridgehead atoms. The Kier molecular flexibility index (Phi) is 18.6. The van der Waals surface area contributed by atoms with E-state index in [0.29, 0.717) is 12.8 Å². The Morgan fingerprint density at radius 1 is 0.981 bits per heavy atom. The van der Waals surface area contributed by atoms with Crippen molar-refractivity contribution in [3.05, 3.63) is 48.6 Å². The smallest absolute Gasteiger partial charge is 0.311 e. The number of fused-ring (bicyclic) bond motifs is 2. The van der Waals surface area contributed by atoms with Gasteiger partial charge < -0.3 is 60.4 Å². The number of aliphatic hydroxyl groups is 6. The topological polar surface area (TPSA) is 256 Å². The van der Waals surface area contributed by atoms with Gasteiger partial charge >= 0.3 is 11.9 Å². The van der Waals surface area contributed by atoms with E-state index in [1.165, 1.54) is 0 Å². The molecule has 2 fully saturated rings. The molecule has 15 nitrogen and oxygen atoms in total. The van der Waals surface area contributed by atoms with Crippen molar-refractivity contribution in [2.45, 2.75) is 164 Å². The fourth-order valence-corrected chi connectivity index (χ4v) is 7.15. The second kappa shape index (κ2) is 22.0. The summed E-state index contributed by atoms with van der Waals surface area (Å²) in [6, 6.07) is -1.10. The molecule has 0 spiro atoms. The van der Waals surface area contributed by atoms with Gasteiger partial charge in [0.25, 0.3) is 0 Å². The number of cyclic esters (lactones) is 1. The van der Waals surface area contributed by atoms with E-state index in [2.05, 4.69) is 0 Å². The summed E-state index contributed by atoms with van der Waals surface area (Å²) in [5, 5.41) is 75.1. The Morgan fingerprint density at radius 2 is 1.67 bits per heavy atom. The SMILES string of the molecule is CCCC1C/C=C/C=C/C=C/C=C/C(OC2O[C@H](C)C(O)[C@H](N)[C@@H]2O)C[C@@H]2OC(O)(CC(O)CCCC(=O)CC(O)C(CC)C(=O)O1)C[C@H](O)C2C(=O)O. The van der Waals surface area contributed by atoms with Crippen molar-refractivity contribution in [3.8, 4) is 0 Å². The van der Waals surface area contributed by atoms with Gasteiger partial charge in [0.05, 0.1) is 54.7 Å². The minimum atomic E-state index is -2.15. The highest BCUT2D eigenvalue weighted by atomic mass is 16.7. The van der Waals surface area contributed by atoms with Crippen molar-refractivity contribution in [1.29, 1.82) is 0 Å². The third kappa shape index (κ3) is 13.7. The van der Waals surface area contributed by atoms with Crippen LogP contribution in [0.3, 0.4) is 0 Å². The molecule has 0 radical (unpaired) electrons. The van der Waals surface area contributed by atoms with Gasteiger partial charge in [-0.15, -0.1) is 0 Å². The van der Waals surface area contributed by atoms with E-state index in [-0.39, 0.29) is 44.3 Å². The van der Waals surface area contributed by atoms with Gasteiger partial charge in [-0.2, -0.15) is 0 Å². The number of ether oxygens (including phenoxy) is 4. The summed E-state index contributed by atoms with van der Waals surface area (Å²) in [4.78, 5) is 38.2. The molecule has 0 amide bonds. The summed E-state index contributed by atoms with van der Waals surface area (Å²) in [5.41, 5.74) is 6.00. The normalized spacial score (nSPS) is 42.3. The molecule has 3 heterocycles. The zero-order chi connectivity index (χ0) is 40.0. The van der Waals surface area contributed by atoms with Crippen LogP contribution in [0.25, 0.3) is 0 Å². The number of ketones is 1. The van der Waals surface area contributed by atoms with Gasteiger partial charge in [0.1, 0.15) is 23.9 Å². The van der Waals surface area contributed by atoms with Crippen LogP contribution >= 0.6 is 0 Å². The highest BCUT2D eigenvalue weighted by Gasteiger charge is 2.50. The summed E-state index contributed by atoms with van der Waals surface area (Å²) in [6.07, 6.45) is 2.99. The number of aliphatic hydroxyl groups excluding tert-OH is 5. The summed E-state index contributed by atoms with van der Waals surface area (Å²) in [7, 11) is 0. The Bertz CT molecular complexity index is 1320. The summed E-state index contributed by atoms with van der Waals surface area (Å²) in [6.45, 7) is 5.27. The summed E-state index contributed by atoms with van der Waals surface area (Å²) < 4.78 is 23.4. The molecule has 3 aliphatic rings. The third-order valence-electron chi connectivity index (χ3n) is 10.2. The van der Waals surface area contributed by atoms with Crippen LogP contribution in [-0.4, -0.2) is 127 Å². The van der Waals surface area contributed by atoms with Gasteiger partial charge in [0, 0.05) is 38.5 Å². The van der Waals surface area contributed by atoms with E-state index in [1.54, 1.807) is 56.4 Å². The first-order valence-corrected chi connectivity index (χ1v) is 19.1. The monoisotopic (exact) mass is 767 g/mol. The molecule has 54 heavy (non-hydrogen) atoms. The van der Waals surface area contributed by atoms with E-state index in [1.807, 2.05) is 13.0 Å². The number of esters is 1. The van der Waals surface area contributed by atoms with Crippen molar-refractivity contribution >= 4 is 17.7 Å². The Balaban J connectivity index is 1.90. The fourth-order valence-electron chi connectivity index (χ4n) is 7.15. The van der Waals surface area contributed by atoms with Gasteiger partial charge in [-0.25, -0.2) is 0 Å². The minimum Gasteiger partial charge on any atom is -0.481 e. The average molecular weight is 768 g/mol. The molecular weight excluding hydrogens is 706 g/mol. The van der Waals surface area contributed by atoms with Crippen molar-refractivity contribution in [1.82, 2.24) is 0 Å². The average Bonchev–Trinajstić information content (AvgIpc) is 3.08. The molecule has 306 valence electrons. The Hall–Kier alpha value is -2.83. The van der Waals surface area contributed by atoms with Crippen LogP contribution in [0.15, 0.2) is 48.6 Å². The van der Waals surface area contributed by atoms with Crippen LogP contribution in [0.1, 0.15) is 91.4 Å². The van der Waals surface area contributed by atoms with Gasteiger partial charge in [0.2, 0.25) is 0 Å². The summed E-state index contributed by atoms with van der Waals surface area (Å²) >= 11 is 0. The lowest BCUT2D eigenvalue weighted by atomic mass is 9.83. The fraction of sp³-hybridized carbons (Fsp3) is 0.718. The lowest BCUT2D eigenvalue weighted by molar-refractivity contribution is -0.308. The van der Waals surface area contributed by atoms with Gasteiger partial charge in [-0.3, -0.25) is 14.4 Å². The summed E-state index contributed by atoms with van der Waals surface area (Å²) in [5.74, 6) is -6.81. The van der Waals surface area contributed by atoms with Crippen LogP contribution in [0, 0.1) is 11.8 Å². The van der Waals surface area contributed by atoms with Crippen LogP contribution < -0.4 is 5.73 Å². The van der Waals surface area contributed by atoms with Crippen molar-refractivity contribution < 1.29 is 69.1 Å². The molecule has 0 saturated carbocycles. The molecule has 15 heteroatoms. The van der Waals surface area contributed by atoms with Gasteiger partial charge in [-0.1, -0.05) is 68.9 Å². The Morgan fingerprint density at radius 3 is 2.33 bits per heavy atom. The maximum atomic E-state index is 13.0. The third-order valence-corrected chi connectivity index (χ3v) is 10.2. The largest absolute Gasteiger partial charge is 0.481 e. The quantitative estimate of drug-likeness (QED) is 0.179. The molecule has 0 aliphatic carbocycles. The number of rotatable bonds is 6. The van der Waals surface area contributed by atoms with Crippen LogP contribution in [-0.2, 0) is 33.3 Å². The van der Waals surface area contributed by atoms with E-state index < -0.39 is 110 Å². The number of carboxylic acid groups (broad SMARTS) is 1. The van der Waals surface area contributed by atoms with E-state index >= 15 is 0 Å². The number of nitrogens with two attached hydrogens (primary N) is 1. The first kappa shape index (κ1) is 45.6. The maximum Gasteiger partial charge on any atom is 0.311 e. The molecule has 3 rings (SSSR count). The molecule has 9 N–H and O–H groups in total. The lowest BCUT2D eigenvalue weighted by Crippen LogP contribution is -2.61. The first-order valence-electron chi connectivity index (χ1n) is 19.1. The maximum absolute atomic E-state index is 13.0. The number of carbonyl (C=O) groups is 3. The van der Waals surface area contributed by atoms with Gasteiger partial charge in [0.15, 0.2) is 12.1 Å². The number of Topliss-reactive ketones (excluding diaryl/α,β-unsaturated/α-hetero) is 1. The van der Waals surface area contributed by atoms with Crippen LogP contribution in [0.4, 0.5) is 0 Å². The van der Waals surface area contributed by atoms with Crippen molar-refractivity contribution in [2.75, 3.05) is 0 Å². The zero-order valence-corrected chi connectivity index (χ0v) is 31.5. The molecular formula is C39H61NO14. The number of aliphatic carboxylic acids is 1. The molecule has 0 aromatic carbocycles. The number of allylic oxidation sites excluding steroid dienone is 6. The van der Waals surface area contributed by atoms with Crippen molar-refractivity contribution in [2.24, 2.45) is 17.6 Å². The molecule has 14 atom stereocenters. The highest BCUT2D eigenvalue weighted by molar-refractivity contribution is 5.80. The molecule has 3 aliphatic heterocycles. The number of hydrogen-bond acceptors (Lipinski definition) is 14. The van der Waals surface area contributed by atoms with Crippen LogP contribution in [0.2, 0.25) is 0 Å². The predicted octanol–water partition coefficient (Wildman–Crippen LogP) is 1.70. The van der Waals surface area contributed by atoms with Gasteiger partial charge in [-0.05, 0) is 32.6 Å². The number of carbonyl (C=O) groups excluding carboxylic acids is 2. The molecule has 2 saturated heterocycles. The molecule has 0 aromatic rings. The number of hydrogen-bond donors (Lipinski definition) is 8. The highest BCUT2D eigenvalue weighted by Crippen LogP contribution is 2.38. The predicted molar refractivity (Wildman–Crippen MR) is 195 cm³/mol. The van der Waals surface area contributed by atoms with Crippen LogP contribution in [0.5, 0.6) is 0 Å².